The summed E-state index contributed by atoms with van der Waals surface area (Å²) in [6.45, 7) is -1.65. The first-order valence-electron chi connectivity index (χ1n) is 15.8. The fraction of sp³-hybridized carbons (Fsp3) is 0.314. The van der Waals surface area contributed by atoms with E-state index < -0.39 is 65.8 Å². The van der Waals surface area contributed by atoms with E-state index in [0.717, 1.165) is 33.5 Å². The highest BCUT2D eigenvalue weighted by molar-refractivity contribution is 5.90. The third-order valence-electron chi connectivity index (χ3n) is 9.14. The van der Waals surface area contributed by atoms with E-state index in [4.69, 9.17) is 10.5 Å². The topological polar surface area (TPSA) is 143 Å². The summed E-state index contributed by atoms with van der Waals surface area (Å²) in [5.41, 5.74) is 3.24. The van der Waals surface area contributed by atoms with Crippen molar-refractivity contribution in [1.82, 2.24) is 19.4 Å². The van der Waals surface area contributed by atoms with Gasteiger partial charge in [-0.2, -0.15) is 0 Å². The molecule has 3 heterocycles. The lowest BCUT2D eigenvalue weighted by molar-refractivity contribution is -0.223. The number of carbonyl (C=O) groups is 2. The van der Waals surface area contributed by atoms with Crippen LogP contribution in [-0.2, 0) is 11.3 Å². The first kappa shape index (κ1) is 33.5. The molecule has 3 amide bonds. The van der Waals surface area contributed by atoms with Crippen LogP contribution < -0.4 is 21.3 Å². The summed E-state index contributed by atoms with van der Waals surface area (Å²) in [4.78, 5) is 46.7. The molecule has 6 rings (SSSR count). The number of benzene rings is 3. The van der Waals surface area contributed by atoms with Gasteiger partial charge in [0.1, 0.15) is 23.5 Å². The van der Waals surface area contributed by atoms with Gasteiger partial charge in [0, 0.05) is 43.6 Å². The Morgan fingerprint density at radius 3 is 2.33 bits per heavy atom. The van der Waals surface area contributed by atoms with Crippen LogP contribution in [0.3, 0.4) is 0 Å². The number of nitrogens with one attached hydrogen (secondary N) is 1. The van der Waals surface area contributed by atoms with Gasteiger partial charge in [-0.1, -0.05) is 48.5 Å². The molecule has 2 fully saturated rings. The number of piperidine rings is 2. The molecule has 0 radical (unpaired) electrons. The summed E-state index contributed by atoms with van der Waals surface area (Å²) < 4.78 is 51.1. The first-order chi connectivity index (χ1) is 23.4. The van der Waals surface area contributed by atoms with Gasteiger partial charge < -0.3 is 30.7 Å². The number of para-hydroxylation sites is 1. The second-order valence-electron chi connectivity index (χ2n) is 12.4. The van der Waals surface area contributed by atoms with Crippen LogP contribution >= 0.6 is 0 Å². The number of ether oxygens (including phenoxy) is 1. The molecule has 1 aromatic heterocycles. The quantitative estimate of drug-likeness (QED) is 0.258. The monoisotopic (exact) mass is 676 g/mol. The fourth-order valence-electron chi connectivity index (χ4n) is 6.36. The number of nitrogen functional groups attached to an aromatic ring is 1. The van der Waals surface area contributed by atoms with E-state index in [1.807, 2.05) is 36.4 Å². The van der Waals surface area contributed by atoms with Crippen molar-refractivity contribution >= 4 is 23.3 Å². The van der Waals surface area contributed by atoms with E-state index >= 15 is 8.78 Å². The fourth-order valence-corrected chi connectivity index (χ4v) is 6.36. The van der Waals surface area contributed by atoms with Crippen LogP contribution in [0.4, 0.5) is 29.3 Å². The molecule has 0 aliphatic carbocycles. The molecule has 4 N–H and O–H groups in total. The van der Waals surface area contributed by atoms with Crippen molar-refractivity contribution < 1.29 is 32.6 Å². The molecule has 11 nitrogen and oxygen atoms in total. The van der Waals surface area contributed by atoms with Crippen molar-refractivity contribution in [2.45, 2.75) is 36.8 Å². The molecular formula is C35H35F3N6O5. The number of alkyl halides is 2. The van der Waals surface area contributed by atoms with Gasteiger partial charge in [-0.25, -0.2) is 22.9 Å². The number of carbonyl (C=O) groups excluding carboxylic acids is 2. The number of aromatic nitrogens is 2. The molecule has 49 heavy (non-hydrogen) atoms. The van der Waals surface area contributed by atoms with Crippen LogP contribution in [0, 0.1) is 11.7 Å². The van der Waals surface area contributed by atoms with Gasteiger partial charge in [-0.05, 0) is 48.4 Å². The molecule has 0 bridgehead atoms. The molecule has 0 unspecified atom stereocenters. The first-order valence-corrected chi connectivity index (χ1v) is 15.8. The Morgan fingerprint density at radius 2 is 1.65 bits per heavy atom. The van der Waals surface area contributed by atoms with Crippen LogP contribution in [0.25, 0.3) is 0 Å². The second-order valence-corrected chi connectivity index (χ2v) is 12.4. The molecule has 2 saturated heterocycles. The Bertz CT molecular complexity index is 1860. The summed E-state index contributed by atoms with van der Waals surface area (Å²) in [7, 11) is 0. The van der Waals surface area contributed by atoms with Crippen LogP contribution in [-0.4, -0.2) is 74.1 Å². The molecular weight excluding hydrogens is 641 g/mol. The lowest BCUT2D eigenvalue weighted by Crippen LogP contribution is -2.64. The molecule has 2 aliphatic rings. The molecule has 4 aromatic rings. The van der Waals surface area contributed by atoms with Gasteiger partial charge in [-0.3, -0.25) is 14.2 Å². The van der Waals surface area contributed by atoms with Gasteiger partial charge in [-0.15, -0.1) is 0 Å². The van der Waals surface area contributed by atoms with Crippen LogP contribution in [0.5, 0.6) is 11.6 Å². The standard InChI is InChI=1S/C35H35F3N6O5/c36-24-11-13-26(14-12-24)49-30-29(39)32(46)44(22-40-30)20-34(48)16-18-43(21-35(34,37)38)31(45)27-15-17-42(19-28(27)23-7-3-1-4-8-23)33(47)41-25-9-5-2-6-10-25/h1-14,22,27-28,48H,15-21,39H2,(H,41,47)/t27-,28+,34+/m1/s1. The Kier molecular flexibility index (Phi) is 9.32. The largest absolute Gasteiger partial charge is 0.437 e. The average Bonchev–Trinajstić information content (AvgIpc) is 3.10. The Morgan fingerprint density at radius 1 is 0.980 bits per heavy atom. The molecule has 14 heteroatoms. The summed E-state index contributed by atoms with van der Waals surface area (Å²) in [5.74, 6) is -6.11. The van der Waals surface area contributed by atoms with E-state index in [0.29, 0.717) is 5.69 Å². The van der Waals surface area contributed by atoms with E-state index in [1.165, 1.54) is 12.1 Å². The van der Waals surface area contributed by atoms with E-state index in [-0.39, 0.29) is 43.7 Å². The van der Waals surface area contributed by atoms with Crippen molar-refractivity contribution in [3.05, 3.63) is 113 Å². The van der Waals surface area contributed by atoms with Gasteiger partial charge in [0.2, 0.25) is 11.8 Å². The lowest BCUT2D eigenvalue weighted by atomic mass is 9.79. The number of rotatable bonds is 7. The minimum absolute atomic E-state index is 0.149. The summed E-state index contributed by atoms with van der Waals surface area (Å²) in [5, 5.41) is 14.1. The highest BCUT2D eigenvalue weighted by Crippen LogP contribution is 2.41. The molecule has 256 valence electrons. The SMILES string of the molecule is Nc1c(Oc2ccc(F)cc2)ncn(C[C@@]2(O)CCN(C(=O)[C@@H]3CCN(C(=O)Nc4ccccc4)C[C@H]3c3ccccc3)CC2(F)F)c1=O. The van der Waals surface area contributed by atoms with Gasteiger partial charge >= 0.3 is 6.03 Å². The van der Waals surface area contributed by atoms with E-state index in [9.17, 15) is 23.9 Å². The zero-order chi connectivity index (χ0) is 34.8. The Labute approximate surface area is 279 Å². The number of nitrogens with two attached hydrogens (primary N) is 1. The van der Waals surface area contributed by atoms with Crippen molar-refractivity contribution in [3.8, 4) is 11.6 Å². The number of halogens is 3. The van der Waals surface area contributed by atoms with Crippen LogP contribution in [0.1, 0.15) is 24.3 Å². The van der Waals surface area contributed by atoms with E-state index in [2.05, 4.69) is 10.3 Å². The van der Waals surface area contributed by atoms with E-state index in [1.54, 1.807) is 29.2 Å². The van der Waals surface area contributed by atoms with Crippen LogP contribution in [0.2, 0.25) is 0 Å². The maximum absolute atomic E-state index is 15.8. The molecule has 0 saturated carbocycles. The lowest BCUT2D eigenvalue weighted by Gasteiger charge is -2.46. The smallest absolute Gasteiger partial charge is 0.321 e. The molecule has 3 atom stereocenters. The van der Waals surface area contributed by atoms with Gasteiger partial charge in [0.15, 0.2) is 5.69 Å². The predicted octanol–water partition coefficient (Wildman–Crippen LogP) is 4.69. The van der Waals surface area contributed by atoms with Gasteiger partial charge in [0.25, 0.3) is 11.5 Å². The highest BCUT2D eigenvalue weighted by Gasteiger charge is 2.58. The summed E-state index contributed by atoms with van der Waals surface area (Å²) >= 11 is 0. The maximum Gasteiger partial charge on any atom is 0.321 e. The molecule has 2 aliphatic heterocycles. The van der Waals surface area contributed by atoms with Gasteiger partial charge in [0.05, 0.1) is 13.1 Å². The number of urea groups is 1. The number of hydrogen-bond acceptors (Lipinski definition) is 7. The third-order valence-corrected chi connectivity index (χ3v) is 9.14. The normalized spacial score (nSPS) is 22.0. The van der Waals surface area contributed by atoms with Crippen molar-refractivity contribution in [3.63, 3.8) is 0 Å². The molecule has 3 aromatic carbocycles. The number of amides is 3. The second kappa shape index (κ2) is 13.6. The number of hydrogen-bond donors (Lipinski definition) is 3. The minimum Gasteiger partial charge on any atom is -0.437 e. The summed E-state index contributed by atoms with van der Waals surface area (Å²) in [6, 6.07) is 22.7. The van der Waals surface area contributed by atoms with Crippen molar-refractivity contribution in [2.24, 2.45) is 5.92 Å². The number of likely N-dealkylation sites (tertiary alicyclic amines) is 2. The third kappa shape index (κ3) is 7.09. The van der Waals surface area contributed by atoms with Crippen molar-refractivity contribution in [1.29, 1.82) is 0 Å². The zero-order valence-corrected chi connectivity index (χ0v) is 26.3. The highest BCUT2D eigenvalue weighted by atomic mass is 19.3. The average molecular weight is 677 g/mol. The maximum atomic E-state index is 15.8. The predicted molar refractivity (Wildman–Crippen MR) is 175 cm³/mol. The minimum atomic E-state index is -3.81. The molecule has 0 spiro atoms. The zero-order valence-electron chi connectivity index (χ0n) is 26.3. The Balaban J connectivity index is 1.15. The summed E-state index contributed by atoms with van der Waals surface area (Å²) in [6.07, 6.45) is 0.662. The Hall–Kier alpha value is -5.37. The number of nitrogens with zero attached hydrogens (tertiary/aromatic N) is 4. The van der Waals surface area contributed by atoms with Crippen LogP contribution in [0.15, 0.2) is 96.1 Å². The number of aliphatic hydroxyl groups is 1. The number of anilines is 2. The van der Waals surface area contributed by atoms with Crippen molar-refractivity contribution in [2.75, 3.05) is 37.2 Å².